The average Bonchev–Trinajstić information content (AvgIpc) is 3.69. The van der Waals surface area contributed by atoms with Crippen LogP contribution in [0.3, 0.4) is 0 Å². The molecule has 1 heterocycles. The monoisotopic (exact) mass is 705 g/mol. The minimum atomic E-state index is 1.11. The first-order valence-electron chi connectivity index (χ1n) is 18.4. The summed E-state index contributed by atoms with van der Waals surface area (Å²) in [7, 11) is 0. The Kier molecular flexibility index (Phi) is 8.09. The molecule has 1 nitrogen and oxygen atoms in total. The molecule has 0 saturated heterocycles. The van der Waals surface area contributed by atoms with Gasteiger partial charge in [-0.05, 0) is 120 Å². The molecule has 9 aromatic carbocycles. The largest absolute Gasteiger partial charge is 0.311 e. The van der Waals surface area contributed by atoms with Gasteiger partial charge in [0.1, 0.15) is 0 Å². The number of hydrogen-bond donors (Lipinski definition) is 0. The van der Waals surface area contributed by atoms with Crippen molar-refractivity contribution < 1.29 is 0 Å². The lowest BCUT2D eigenvalue weighted by Crippen LogP contribution is -2.09. The van der Waals surface area contributed by atoms with Gasteiger partial charge in [0.2, 0.25) is 0 Å². The van der Waals surface area contributed by atoms with E-state index in [1.807, 2.05) is 0 Å². The maximum Gasteiger partial charge on any atom is 0.0462 e. The Morgan fingerprint density at radius 3 is 1.17 bits per heavy atom. The first-order chi connectivity index (χ1) is 26.7. The molecule has 1 aromatic heterocycles. The fraction of sp³-hybridized carbons (Fsp3) is 0. The Labute approximate surface area is 319 Å². The van der Waals surface area contributed by atoms with E-state index in [1.165, 1.54) is 76.1 Å². The van der Waals surface area contributed by atoms with E-state index in [4.69, 9.17) is 0 Å². The molecular weight excluding hydrogens is 671 g/mol. The van der Waals surface area contributed by atoms with Gasteiger partial charge in [-0.25, -0.2) is 0 Å². The summed E-state index contributed by atoms with van der Waals surface area (Å²) < 4.78 is 1.31. The van der Waals surface area contributed by atoms with Gasteiger partial charge in [0.25, 0.3) is 0 Å². The third-order valence-electron chi connectivity index (χ3n) is 10.6. The molecule has 0 aliphatic carbocycles. The van der Waals surface area contributed by atoms with Crippen LogP contribution in [0.2, 0.25) is 0 Å². The van der Waals surface area contributed by atoms with Gasteiger partial charge in [-0.1, -0.05) is 152 Å². The van der Waals surface area contributed by atoms with E-state index in [0.717, 1.165) is 17.1 Å². The number of fused-ring (bicyclic) bond motifs is 3. The first kappa shape index (κ1) is 32.0. The normalized spacial score (nSPS) is 11.3. The molecule has 0 radical (unpaired) electrons. The molecule has 254 valence electrons. The Balaban J connectivity index is 0.981. The number of nitrogens with zero attached hydrogens (tertiary/aromatic N) is 1. The Bertz CT molecular complexity index is 2900. The highest BCUT2D eigenvalue weighted by Crippen LogP contribution is 2.40. The van der Waals surface area contributed by atoms with Crippen LogP contribution in [0.25, 0.3) is 76.1 Å². The number of benzene rings is 9. The Morgan fingerprint density at radius 1 is 0.296 bits per heavy atom. The van der Waals surface area contributed by atoms with Gasteiger partial charge >= 0.3 is 0 Å². The van der Waals surface area contributed by atoms with Crippen molar-refractivity contribution in [2.24, 2.45) is 0 Å². The summed E-state index contributed by atoms with van der Waals surface area (Å²) in [5.41, 5.74) is 13.1. The second-order valence-electron chi connectivity index (χ2n) is 13.8. The second-order valence-corrected chi connectivity index (χ2v) is 14.7. The molecule has 0 spiro atoms. The van der Waals surface area contributed by atoms with Crippen LogP contribution in [0.15, 0.2) is 212 Å². The molecule has 54 heavy (non-hydrogen) atoms. The molecule has 10 rings (SSSR count). The highest BCUT2D eigenvalue weighted by atomic mass is 32.1. The van der Waals surface area contributed by atoms with E-state index >= 15 is 0 Å². The van der Waals surface area contributed by atoms with E-state index in [1.54, 1.807) is 11.3 Å². The zero-order chi connectivity index (χ0) is 35.8. The predicted molar refractivity (Wildman–Crippen MR) is 233 cm³/mol. The second kappa shape index (κ2) is 13.7. The van der Waals surface area contributed by atoms with Crippen LogP contribution in [0.4, 0.5) is 17.1 Å². The van der Waals surface area contributed by atoms with E-state index in [-0.39, 0.29) is 0 Å². The summed E-state index contributed by atoms with van der Waals surface area (Å²) in [6, 6.07) is 75.0. The highest BCUT2D eigenvalue weighted by molar-refractivity contribution is 7.17. The van der Waals surface area contributed by atoms with Crippen LogP contribution < -0.4 is 4.90 Å². The Hall–Kier alpha value is -6.74. The van der Waals surface area contributed by atoms with E-state index in [9.17, 15) is 0 Å². The van der Waals surface area contributed by atoms with Crippen LogP contribution in [0.1, 0.15) is 0 Å². The fourth-order valence-electron chi connectivity index (χ4n) is 7.64. The third kappa shape index (κ3) is 6.03. The van der Waals surface area contributed by atoms with Crippen molar-refractivity contribution in [1.82, 2.24) is 0 Å². The van der Waals surface area contributed by atoms with E-state index in [0.29, 0.717) is 0 Å². The van der Waals surface area contributed by atoms with Crippen LogP contribution in [0, 0.1) is 0 Å². The number of anilines is 3. The lowest BCUT2D eigenvalue weighted by Gasteiger charge is -2.26. The minimum Gasteiger partial charge on any atom is -0.311 e. The van der Waals surface area contributed by atoms with Crippen molar-refractivity contribution in [3.05, 3.63) is 212 Å². The zero-order valence-electron chi connectivity index (χ0n) is 29.6. The molecular formula is C52H35NS. The molecule has 0 amide bonds. The standard InChI is InChI=1S/C52H35NS/c1-3-9-43-33-45(19-17-36(43)7-1)40-15-13-38(14-16-40)39-21-27-47(28-22-39)53(49-31-25-42(26-32-49)51-35-54-52-12-6-5-11-50(51)52)48-29-23-41(24-30-48)46-20-18-37-8-2-4-10-44(37)34-46/h1-35H. The topological polar surface area (TPSA) is 3.24 Å². The quantitative estimate of drug-likeness (QED) is 0.160. The lowest BCUT2D eigenvalue weighted by atomic mass is 9.98. The summed E-state index contributed by atoms with van der Waals surface area (Å²) >= 11 is 1.80. The summed E-state index contributed by atoms with van der Waals surface area (Å²) in [5, 5.41) is 8.61. The van der Waals surface area contributed by atoms with Crippen molar-refractivity contribution in [1.29, 1.82) is 0 Å². The summed E-state index contributed by atoms with van der Waals surface area (Å²) in [6.07, 6.45) is 0. The van der Waals surface area contributed by atoms with E-state index < -0.39 is 0 Å². The molecule has 0 bridgehead atoms. The van der Waals surface area contributed by atoms with Crippen LogP contribution in [-0.4, -0.2) is 0 Å². The maximum absolute atomic E-state index is 2.35. The number of rotatable bonds is 7. The Morgan fingerprint density at radius 2 is 0.667 bits per heavy atom. The minimum absolute atomic E-state index is 1.11. The van der Waals surface area contributed by atoms with Crippen LogP contribution >= 0.6 is 11.3 Å². The van der Waals surface area contributed by atoms with Crippen molar-refractivity contribution in [2.45, 2.75) is 0 Å². The molecule has 0 unspecified atom stereocenters. The van der Waals surface area contributed by atoms with E-state index in [2.05, 4.69) is 217 Å². The van der Waals surface area contributed by atoms with Crippen molar-refractivity contribution >= 4 is 60.0 Å². The smallest absolute Gasteiger partial charge is 0.0462 e. The van der Waals surface area contributed by atoms with Gasteiger partial charge < -0.3 is 4.90 Å². The SMILES string of the molecule is c1ccc2cc(-c3ccc(-c4ccc(N(c5ccc(-c6ccc7ccccc7c6)cc5)c5ccc(-c6csc7ccccc67)cc5)cc4)cc3)ccc2c1. The molecule has 0 N–H and O–H groups in total. The highest BCUT2D eigenvalue weighted by Gasteiger charge is 2.15. The average molecular weight is 706 g/mol. The number of hydrogen-bond acceptors (Lipinski definition) is 2. The molecule has 0 atom stereocenters. The summed E-state index contributed by atoms with van der Waals surface area (Å²) in [6.45, 7) is 0. The van der Waals surface area contributed by atoms with Crippen LogP contribution in [-0.2, 0) is 0 Å². The van der Waals surface area contributed by atoms with Crippen molar-refractivity contribution in [3.8, 4) is 44.5 Å². The third-order valence-corrected chi connectivity index (χ3v) is 11.5. The molecule has 10 aromatic rings. The van der Waals surface area contributed by atoms with Gasteiger partial charge in [0.15, 0.2) is 0 Å². The molecule has 0 aliphatic rings. The first-order valence-corrected chi connectivity index (χ1v) is 19.3. The van der Waals surface area contributed by atoms with Gasteiger partial charge in [0, 0.05) is 32.7 Å². The number of thiophene rings is 1. The fourth-order valence-corrected chi connectivity index (χ4v) is 8.61. The molecule has 0 aliphatic heterocycles. The lowest BCUT2D eigenvalue weighted by molar-refractivity contribution is 1.28. The van der Waals surface area contributed by atoms with Gasteiger partial charge in [-0.3, -0.25) is 0 Å². The van der Waals surface area contributed by atoms with Gasteiger partial charge in [-0.2, -0.15) is 0 Å². The predicted octanol–water partition coefficient (Wildman–Crippen LogP) is 15.3. The molecule has 0 saturated carbocycles. The molecule has 0 fully saturated rings. The van der Waals surface area contributed by atoms with Crippen LogP contribution in [0.5, 0.6) is 0 Å². The maximum atomic E-state index is 2.35. The van der Waals surface area contributed by atoms with Crippen molar-refractivity contribution in [2.75, 3.05) is 4.90 Å². The van der Waals surface area contributed by atoms with Crippen molar-refractivity contribution in [3.63, 3.8) is 0 Å². The van der Waals surface area contributed by atoms with Gasteiger partial charge in [0.05, 0.1) is 0 Å². The van der Waals surface area contributed by atoms with Gasteiger partial charge in [-0.15, -0.1) is 11.3 Å². The molecule has 2 heteroatoms. The summed E-state index contributed by atoms with van der Waals surface area (Å²) in [5.74, 6) is 0. The zero-order valence-corrected chi connectivity index (χ0v) is 30.4. The summed E-state index contributed by atoms with van der Waals surface area (Å²) in [4.78, 5) is 2.35.